The molecule has 0 aliphatic heterocycles. The van der Waals surface area contributed by atoms with Crippen LogP contribution in [-0.4, -0.2) is 5.11 Å². The van der Waals surface area contributed by atoms with Crippen LogP contribution in [0.3, 0.4) is 0 Å². The molecule has 5 rings (SSSR count). The summed E-state index contributed by atoms with van der Waals surface area (Å²) in [5, 5.41) is 12.4. The van der Waals surface area contributed by atoms with Crippen molar-refractivity contribution >= 4 is 47.8 Å². The van der Waals surface area contributed by atoms with Crippen LogP contribution in [0.15, 0.2) is 98.3 Å². The first-order chi connectivity index (χ1) is 15.0. The van der Waals surface area contributed by atoms with Gasteiger partial charge in [0.15, 0.2) is 0 Å². The molecule has 1 aliphatic carbocycles. The van der Waals surface area contributed by atoms with Gasteiger partial charge in [-0.2, -0.15) is 0 Å². The molecular formula is C27H19Br3O. The van der Waals surface area contributed by atoms with Crippen molar-refractivity contribution in [2.45, 2.75) is 18.4 Å². The van der Waals surface area contributed by atoms with Gasteiger partial charge in [-0.1, -0.05) is 102 Å². The van der Waals surface area contributed by atoms with E-state index < -0.39 is 5.60 Å². The van der Waals surface area contributed by atoms with E-state index in [4.69, 9.17) is 0 Å². The lowest BCUT2D eigenvalue weighted by Crippen LogP contribution is -2.28. The van der Waals surface area contributed by atoms with Gasteiger partial charge in [0.25, 0.3) is 0 Å². The van der Waals surface area contributed by atoms with Crippen LogP contribution in [0.25, 0.3) is 11.1 Å². The molecule has 0 heterocycles. The minimum absolute atomic E-state index is 0.841. The van der Waals surface area contributed by atoms with Crippen molar-refractivity contribution < 1.29 is 5.11 Å². The Morgan fingerprint density at radius 3 is 1.71 bits per heavy atom. The molecule has 0 unspecified atom stereocenters. The Balaban J connectivity index is 1.66. The highest BCUT2D eigenvalue weighted by Crippen LogP contribution is 2.52. The number of benzene rings is 4. The second-order valence-electron chi connectivity index (χ2n) is 7.84. The first-order valence-corrected chi connectivity index (χ1v) is 12.5. The third kappa shape index (κ3) is 3.64. The average Bonchev–Trinajstić information content (AvgIpc) is 3.02. The molecule has 31 heavy (non-hydrogen) atoms. The number of halogens is 3. The maximum atomic E-state index is 12.4. The topological polar surface area (TPSA) is 20.2 Å². The van der Waals surface area contributed by atoms with Crippen LogP contribution >= 0.6 is 47.8 Å². The fourth-order valence-electron chi connectivity index (χ4n) is 4.60. The molecule has 0 spiro atoms. The largest absolute Gasteiger partial charge is 0.376 e. The molecule has 1 aliphatic rings. The summed E-state index contributed by atoms with van der Waals surface area (Å²) < 4.78 is 3.04. The first kappa shape index (κ1) is 21.1. The first-order valence-electron chi connectivity index (χ1n) is 10.1. The predicted octanol–water partition coefficient (Wildman–Crippen LogP) is 8.02. The molecule has 4 aromatic carbocycles. The second-order valence-corrected chi connectivity index (χ2v) is 10.5. The van der Waals surface area contributed by atoms with E-state index in [1.807, 2.05) is 36.4 Å². The highest BCUT2D eigenvalue weighted by atomic mass is 79.9. The molecule has 1 N–H and O–H groups in total. The van der Waals surface area contributed by atoms with Crippen LogP contribution in [0.4, 0.5) is 0 Å². The Morgan fingerprint density at radius 2 is 1.10 bits per heavy atom. The summed E-state index contributed by atoms with van der Waals surface area (Å²) in [4.78, 5) is 0. The summed E-state index contributed by atoms with van der Waals surface area (Å²) in [7, 11) is 0. The van der Waals surface area contributed by atoms with E-state index in [1.54, 1.807) is 0 Å². The highest BCUT2D eigenvalue weighted by molar-refractivity contribution is 9.11. The number of fused-ring (bicyclic) bond motifs is 3. The molecule has 0 saturated heterocycles. The molecule has 4 heteroatoms. The van der Waals surface area contributed by atoms with Gasteiger partial charge < -0.3 is 5.11 Å². The fourth-order valence-corrected chi connectivity index (χ4v) is 5.80. The summed E-state index contributed by atoms with van der Waals surface area (Å²) in [6, 6.07) is 29.0. The van der Waals surface area contributed by atoms with E-state index in [2.05, 4.69) is 96.3 Å². The van der Waals surface area contributed by atoms with Gasteiger partial charge in [-0.15, -0.1) is 0 Å². The van der Waals surface area contributed by atoms with Crippen molar-refractivity contribution in [2.75, 3.05) is 0 Å². The quantitative estimate of drug-likeness (QED) is 0.252. The van der Waals surface area contributed by atoms with E-state index in [0.29, 0.717) is 0 Å². The lowest BCUT2D eigenvalue weighted by Gasteiger charge is -2.29. The van der Waals surface area contributed by atoms with E-state index >= 15 is 0 Å². The molecule has 4 aromatic rings. The van der Waals surface area contributed by atoms with Gasteiger partial charge in [-0.25, -0.2) is 0 Å². The van der Waals surface area contributed by atoms with E-state index in [1.165, 1.54) is 5.56 Å². The van der Waals surface area contributed by atoms with Gasteiger partial charge >= 0.3 is 0 Å². The third-order valence-electron chi connectivity index (χ3n) is 6.06. The minimum atomic E-state index is -1.21. The zero-order chi connectivity index (χ0) is 21.6. The van der Waals surface area contributed by atoms with Crippen molar-refractivity contribution in [3.63, 3.8) is 0 Å². The van der Waals surface area contributed by atoms with E-state index in [9.17, 15) is 5.11 Å². The number of hydrogen-bond donors (Lipinski definition) is 1. The monoisotopic (exact) mass is 596 g/mol. The summed E-state index contributed by atoms with van der Waals surface area (Å²) in [6.45, 7) is 0. The molecule has 0 radical (unpaired) electrons. The SMILES string of the molecule is OC1(c2ccccc2CCc2ccccc2Br)c2cc(Br)ccc2-c2ccc(Br)cc21. The van der Waals surface area contributed by atoms with Crippen molar-refractivity contribution in [3.05, 3.63) is 126 Å². The van der Waals surface area contributed by atoms with Crippen molar-refractivity contribution in [1.29, 1.82) is 0 Å². The predicted molar refractivity (Wildman–Crippen MR) is 137 cm³/mol. The minimum Gasteiger partial charge on any atom is -0.376 e. The zero-order valence-corrected chi connectivity index (χ0v) is 21.3. The van der Waals surface area contributed by atoms with Crippen LogP contribution < -0.4 is 0 Å². The van der Waals surface area contributed by atoms with Gasteiger partial charge in [0.05, 0.1) is 0 Å². The Labute approximate surface area is 207 Å². The van der Waals surface area contributed by atoms with Crippen LogP contribution in [0.2, 0.25) is 0 Å². The maximum absolute atomic E-state index is 12.4. The van der Waals surface area contributed by atoms with Crippen LogP contribution in [-0.2, 0) is 18.4 Å². The standard InChI is InChI=1S/C27H19Br3O/c28-19-11-13-21-22-14-12-20(29)16-25(22)27(31,24(21)15-19)23-7-3-1-5-17(23)9-10-18-6-2-4-8-26(18)30/h1-8,11-16,31H,9-10H2. The molecule has 0 bridgehead atoms. The maximum Gasteiger partial charge on any atom is 0.142 e. The molecule has 0 fully saturated rings. The molecular weight excluding hydrogens is 580 g/mol. The Bertz CT molecular complexity index is 1240. The summed E-state index contributed by atoms with van der Waals surface area (Å²) in [5.74, 6) is 0. The Morgan fingerprint density at radius 1 is 0.581 bits per heavy atom. The summed E-state index contributed by atoms with van der Waals surface area (Å²) in [5.41, 5.74) is 6.15. The lowest BCUT2D eigenvalue weighted by molar-refractivity contribution is 0.129. The highest BCUT2D eigenvalue weighted by Gasteiger charge is 2.44. The fraction of sp³-hybridized carbons (Fsp3) is 0.111. The lowest BCUT2D eigenvalue weighted by atomic mass is 9.80. The Hall–Kier alpha value is -1.72. The Kier molecular flexibility index (Phi) is 5.68. The van der Waals surface area contributed by atoms with Crippen LogP contribution in [0.1, 0.15) is 27.8 Å². The number of aliphatic hydroxyl groups is 1. The van der Waals surface area contributed by atoms with Gasteiger partial charge in [-0.05, 0) is 71.0 Å². The molecule has 0 saturated carbocycles. The van der Waals surface area contributed by atoms with Crippen LogP contribution in [0.5, 0.6) is 0 Å². The smallest absolute Gasteiger partial charge is 0.142 e. The van der Waals surface area contributed by atoms with Gasteiger partial charge in [0.1, 0.15) is 5.60 Å². The van der Waals surface area contributed by atoms with Gasteiger partial charge in [-0.3, -0.25) is 0 Å². The zero-order valence-electron chi connectivity index (χ0n) is 16.6. The van der Waals surface area contributed by atoms with E-state index in [0.717, 1.165) is 59.6 Å². The molecule has 0 amide bonds. The summed E-state index contributed by atoms with van der Waals surface area (Å²) in [6.07, 6.45) is 1.74. The summed E-state index contributed by atoms with van der Waals surface area (Å²) >= 11 is 10.9. The van der Waals surface area contributed by atoms with Crippen molar-refractivity contribution in [1.82, 2.24) is 0 Å². The molecule has 0 atom stereocenters. The second kappa shape index (κ2) is 8.32. The van der Waals surface area contributed by atoms with Gasteiger partial charge in [0.2, 0.25) is 0 Å². The number of rotatable bonds is 4. The van der Waals surface area contributed by atoms with Gasteiger partial charge in [0, 0.05) is 24.5 Å². The normalized spacial score (nSPS) is 13.7. The third-order valence-corrected chi connectivity index (χ3v) is 7.82. The number of aryl methyl sites for hydroxylation is 2. The van der Waals surface area contributed by atoms with Crippen molar-refractivity contribution in [2.24, 2.45) is 0 Å². The average molecular weight is 599 g/mol. The van der Waals surface area contributed by atoms with E-state index in [-0.39, 0.29) is 0 Å². The number of hydrogen-bond acceptors (Lipinski definition) is 1. The van der Waals surface area contributed by atoms with Crippen molar-refractivity contribution in [3.8, 4) is 11.1 Å². The molecule has 0 aromatic heterocycles. The molecule has 154 valence electrons. The molecule has 1 nitrogen and oxygen atoms in total. The van der Waals surface area contributed by atoms with Crippen LogP contribution in [0, 0.1) is 0 Å².